The van der Waals surface area contributed by atoms with Gasteiger partial charge in [-0.15, -0.1) is 0 Å². The van der Waals surface area contributed by atoms with E-state index in [9.17, 15) is 9.59 Å². The molecule has 2 aliphatic rings. The van der Waals surface area contributed by atoms with E-state index in [1.807, 2.05) is 17.9 Å². The van der Waals surface area contributed by atoms with E-state index >= 15 is 0 Å². The molecule has 2 aromatic heterocycles. The van der Waals surface area contributed by atoms with Crippen molar-refractivity contribution in [2.24, 2.45) is 11.7 Å². The number of carbonyl (C=O) groups excluding carboxylic acids is 2. The summed E-state index contributed by atoms with van der Waals surface area (Å²) in [5.41, 5.74) is 8.31. The average molecular weight is 342 g/mol. The second-order valence-electron chi connectivity index (χ2n) is 6.98. The lowest BCUT2D eigenvalue weighted by atomic mass is 10.0. The van der Waals surface area contributed by atoms with E-state index < -0.39 is 0 Å². The number of nitrogens with zero attached hydrogens (tertiary/aromatic N) is 4. The highest BCUT2D eigenvalue weighted by Crippen LogP contribution is 2.29. The number of amides is 2. The number of fused-ring (bicyclic) bond motifs is 1. The summed E-state index contributed by atoms with van der Waals surface area (Å²) in [6.07, 6.45) is 3.58. The van der Waals surface area contributed by atoms with Gasteiger partial charge < -0.3 is 20.5 Å². The predicted molar refractivity (Wildman–Crippen MR) is 92.9 cm³/mol. The van der Waals surface area contributed by atoms with Gasteiger partial charge in [0.25, 0.3) is 0 Å². The number of nitrogens with one attached hydrogen (secondary N) is 1. The molecule has 1 atom stereocenters. The van der Waals surface area contributed by atoms with Crippen molar-refractivity contribution in [1.29, 1.82) is 0 Å². The molecule has 2 aliphatic heterocycles. The lowest BCUT2D eigenvalue weighted by Gasteiger charge is -2.37. The van der Waals surface area contributed by atoms with Crippen LogP contribution in [-0.2, 0) is 9.59 Å². The zero-order valence-electron chi connectivity index (χ0n) is 14.2. The van der Waals surface area contributed by atoms with E-state index in [-0.39, 0.29) is 30.2 Å². The van der Waals surface area contributed by atoms with Crippen LogP contribution in [0.25, 0.3) is 11.0 Å². The molecular formula is C17H22N6O2. The minimum absolute atomic E-state index is 0.0478. The van der Waals surface area contributed by atoms with E-state index in [2.05, 4.69) is 19.9 Å². The number of hydrogen-bond acceptors (Lipinski definition) is 5. The van der Waals surface area contributed by atoms with Crippen LogP contribution in [0.4, 0.5) is 5.82 Å². The average Bonchev–Trinajstić information content (AvgIpc) is 3.16. The second-order valence-corrected chi connectivity index (χ2v) is 6.98. The van der Waals surface area contributed by atoms with E-state index in [1.165, 1.54) is 0 Å². The van der Waals surface area contributed by atoms with E-state index in [1.54, 1.807) is 6.33 Å². The number of likely N-dealkylation sites (tertiary alicyclic amines) is 1. The summed E-state index contributed by atoms with van der Waals surface area (Å²) >= 11 is 0. The van der Waals surface area contributed by atoms with Gasteiger partial charge in [0.2, 0.25) is 11.8 Å². The SMILES string of the molecule is Cc1cc2ncnc(N3CCC(N4CC(C(N)=O)CC4=O)CC3)c2[nH]1. The number of H-pyrrole nitrogens is 1. The maximum Gasteiger partial charge on any atom is 0.223 e. The number of carbonyl (C=O) groups is 2. The molecule has 2 fully saturated rings. The minimum atomic E-state index is -0.376. The van der Waals surface area contributed by atoms with Crippen LogP contribution in [0, 0.1) is 12.8 Å². The fourth-order valence-corrected chi connectivity index (χ4v) is 3.96. The standard InChI is InChI=1S/C17H22N6O2/c1-10-6-13-15(21-10)17(20-9-19-13)22-4-2-12(3-5-22)23-8-11(16(18)25)7-14(23)24/h6,9,11-12,21H,2-5,7-8H2,1H3,(H2,18,25). The Morgan fingerprint density at radius 1 is 1.32 bits per heavy atom. The van der Waals surface area contributed by atoms with Crippen molar-refractivity contribution in [2.45, 2.75) is 32.2 Å². The zero-order chi connectivity index (χ0) is 17.6. The smallest absolute Gasteiger partial charge is 0.223 e. The van der Waals surface area contributed by atoms with E-state index in [0.717, 1.165) is 48.5 Å². The Morgan fingerprint density at radius 2 is 2.08 bits per heavy atom. The molecule has 2 aromatic rings. The first-order chi connectivity index (χ1) is 12.0. The summed E-state index contributed by atoms with van der Waals surface area (Å²) in [5, 5.41) is 0. The van der Waals surface area contributed by atoms with Gasteiger partial charge in [-0.2, -0.15) is 0 Å². The highest BCUT2D eigenvalue weighted by molar-refractivity contribution is 5.89. The first-order valence-corrected chi connectivity index (χ1v) is 8.67. The number of primary amides is 1. The topological polar surface area (TPSA) is 108 Å². The van der Waals surface area contributed by atoms with Crippen molar-refractivity contribution in [3.63, 3.8) is 0 Å². The van der Waals surface area contributed by atoms with Gasteiger partial charge in [0.1, 0.15) is 11.8 Å². The minimum Gasteiger partial charge on any atom is -0.369 e. The highest BCUT2D eigenvalue weighted by atomic mass is 16.2. The molecule has 2 amide bonds. The van der Waals surface area contributed by atoms with Crippen LogP contribution in [0.15, 0.2) is 12.4 Å². The number of aromatic nitrogens is 3. The summed E-state index contributed by atoms with van der Waals surface area (Å²) in [7, 11) is 0. The molecule has 4 rings (SSSR count). The number of anilines is 1. The lowest BCUT2D eigenvalue weighted by Crippen LogP contribution is -2.46. The van der Waals surface area contributed by atoms with Gasteiger partial charge in [-0.05, 0) is 25.8 Å². The third-order valence-corrected chi connectivity index (χ3v) is 5.30. The van der Waals surface area contributed by atoms with Crippen LogP contribution in [-0.4, -0.2) is 57.3 Å². The largest absolute Gasteiger partial charge is 0.369 e. The number of aromatic amines is 1. The zero-order valence-corrected chi connectivity index (χ0v) is 14.2. The fourth-order valence-electron chi connectivity index (χ4n) is 3.96. The van der Waals surface area contributed by atoms with E-state index in [4.69, 9.17) is 5.73 Å². The quantitative estimate of drug-likeness (QED) is 0.848. The molecule has 25 heavy (non-hydrogen) atoms. The second kappa shape index (κ2) is 6.02. The van der Waals surface area contributed by atoms with Crippen LogP contribution in [0.3, 0.4) is 0 Å². The lowest BCUT2D eigenvalue weighted by molar-refractivity contribution is -0.130. The van der Waals surface area contributed by atoms with Crippen molar-refractivity contribution >= 4 is 28.7 Å². The van der Waals surface area contributed by atoms with Crippen LogP contribution < -0.4 is 10.6 Å². The molecule has 1 unspecified atom stereocenters. The van der Waals surface area contributed by atoms with Crippen LogP contribution in [0.2, 0.25) is 0 Å². The molecule has 2 saturated heterocycles. The Kier molecular flexibility index (Phi) is 3.82. The third kappa shape index (κ3) is 2.81. The fraction of sp³-hybridized carbons (Fsp3) is 0.529. The first kappa shape index (κ1) is 15.9. The molecule has 132 valence electrons. The maximum absolute atomic E-state index is 12.2. The summed E-state index contributed by atoms with van der Waals surface area (Å²) in [6, 6.07) is 2.19. The van der Waals surface area contributed by atoms with Gasteiger partial charge in [0.15, 0.2) is 5.82 Å². The number of rotatable bonds is 3. The van der Waals surface area contributed by atoms with Crippen molar-refractivity contribution in [1.82, 2.24) is 19.9 Å². The van der Waals surface area contributed by atoms with Gasteiger partial charge >= 0.3 is 0 Å². The molecule has 8 nitrogen and oxygen atoms in total. The Bertz CT molecular complexity index is 824. The number of hydrogen-bond donors (Lipinski definition) is 2. The molecule has 4 heterocycles. The van der Waals surface area contributed by atoms with Crippen molar-refractivity contribution in [3.05, 3.63) is 18.1 Å². The summed E-state index contributed by atoms with van der Waals surface area (Å²) < 4.78 is 0. The first-order valence-electron chi connectivity index (χ1n) is 8.67. The number of piperidine rings is 1. The summed E-state index contributed by atoms with van der Waals surface area (Å²) in [4.78, 5) is 39.7. The molecule has 0 radical (unpaired) electrons. The van der Waals surface area contributed by atoms with Gasteiger partial charge in [0.05, 0.1) is 11.4 Å². The van der Waals surface area contributed by atoms with Crippen LogP contribution >= 0.6 is 0 Å². The van der Waals surface area contributed by atoms with Gasteiger partial charge in [-0.1, -0.05) is 0 Å². The maximum atomic E-state index is 12.2. The molecule has 3 N–H and O–H groups in total. The van der Waals surface area contributed by atoms with Gasteiger partial charge in [-0.3, -0.25) is 9.59 Å². The van der Waals surface area contributed by atoms with E-state index in [0.29, 0.717) is 6.54 Å². The summed E-state index contributed by atoms with van der Waals surface area (Å²) in [6.45, 7) is 4.11. The normalized spacial score (nSPS) is 22.1. The highest BCUT2D eigenvalue weighted by Gasteiger charge is 2.38. The Morgan fingerprint density at radius 3 is 2.76 bits per heavy atom. The monoisotopic (exact) mass is 342 g/mol. The third-order valence-electron chi connectivity index (χ3n) is 5.30. The van der Waals surface area contributed by atoms with Crippen molar-refractivity contribution in [3.8, 4) is 0 Å². The molecule has 0 aromatic carbocycles. The number of nitrogens with two attached hydrogens (primary N) is 1. The van der Waals surface area contributed by atoms with Gasteiger partial charge in [0, 0.05) is 37.8 Å². The van der Waals surface area contributed by atoms with Crippen molar-refractivity contribution < 1.29 is 9.59 Å². The predicted octanol–water partition coefficient (Wildman–Crippen LogP) is 0.569. The molecule has 8 heteroatoms. The molecular weight excluding hydrogens is 320 g/mol. The van der Waals surface area contributed by atoms with Gasteiger partial charge in [-0.25, -0.2) is 9.97 Å². The Balaban J connectivity index is 1.46. The van der Waals surface area contributed by atoms with Crippen LogP contribution in [0.1, 0.15) is 25.0 Å². The molecule has 0 aliphatic carbocycles. The molecule has 0 spiro atoms. The Hall–Kier alpha value is -2.64. The Labute approximate surface area is 145 Å². The van der Waals surface area contributed by atoms with Crippen molar-refractivity contribution in [2.75, 3.05) is 24.5 Å². The van der Waals surface area contributed by atoms with Crippen LogP contribution in [0.5, 0.6) is 0 Å². The summed E-state index contributed by atoms with van der Waals surface area (Å²) in [5.74, 6) is 0.249. The molecule has 0 bridgehead atoms. The number of aryl methyl sites for hydroxylation is 1. The molecule has 0 saturated carbocycles.